The number of aryl methyl sites for hydroxylation is 2. The van der Waals surface area contributed by atoms with Crippen LogP contribution in [0.4, 0.5) is 5.69 Å². The Bertz CT molecular complexity index is 1300. The average molecular weight is 499 g/mol. The Kier molecular flexibility index (Phi) is 7.14. The molecule has 8 heteroatoms. The summed E-state index contributed by atoms with van der Waals surface area (Å²) < 4.78 is 33.6. The quantitative estimate of drug-likeness (QED) is 0.494. The molecule has 6 nitrogen and oxygen atoms in total. The standard InChI is InChI=1S/C26H27ClN2O4S/c1-18-15-20(27)11-14-25(18)29(34(31,32)22-8-4-3-5-9-22)17-26(30)28-24-10-6-7-19-16-21(33-2)12-13-23(19)24/h3-5,8-9,11-16,24H,6-7,10,17H2,1-2H3,(H,28,30). The van der Waals surface area contributed by atoms with Gasteiger partial charge in [-0.15, -0.1) is 0 Å². The van der Waals surface area contributed by atoms with Crippen LogP contribution in [0.15, 0.2) is 71.6 Å². The summed E-state index contributed by atoms with van der Waals surface area (Å²) in [5.74, 6) is 0.409. The Morgan fingerprint density at radius 1 is 1.12 bits per heavy atom. The van der Waals surface area contributed by atoms with Gasteiger partial charge < -0.3 is 10.1 Å². The number of benzene rings is 3. The Labute approximate surface area is 205 Å². The van der Waals surface area contributed by atoms with E-state index in [2.05, 4.69) is 5.32 Å². The number of anilines is 1. The van der Waals surface area contributed by atoms with E-state index in [4.69, 9.17) is 16.3 Å². The normalized spacial score (nSPS) is 15.3. The molecule has 1 amide bonds. The van der Waals surface area contributed by atoms with E-state index in [9.17, 15) is 13.2 Å². The molecular formula is C26H27ClN2O4S. The third-order valence-corrected chi connectivity index (χ3v) is 8.05. The second-order valence-electron chi connectivity index (χ2n) is 8.33. The Morgan fingerprint density at radius 3 is 2.59 bits per heavy atom. The summed E-state index contributed by atoms with van der Waals surface area (Å²) >= 11 is 6.10. The van der Waals surface area contributed by atoms with Gasteiger partial charge in [0.2, 0.25) is 5.91 Å². The molecule has 178 valence electrons. The number of methoxy groups -OCH3 is 1. The van der Waals surface area contributed by atoms with Crippen molar-refractivity contribution in [2.24, 2.45) is 0 Å². The van der Waals surface area contributed by atoms with Crippen molar-refractivity contribution in [1.82, 2.24) is 5.32 Å². The maximum atomic E-state index is 13.6. The molecule has 4 rings (SSSR count). The molecule has 1 N–H and O–H groups in total. The van der Waals surface area contributed by atoms with E-state index < -0.39 is 10.0 Å². The lowest BCUT2D eigenvalue weighted by Gasteiger charge is -2.29. The Morgan fingerprint density at radius 2 is 1.88 bits per heavy atom. The number of nitrogens with zero attached hydrogens (tertiary/aromatic N) is 1. The highest BCUT2D eigenvalue weighted by molar-refractivity contribution is 7.92. The minimum atomic E-state index is -3.98. The smallest absolute Gasteiger partial charge is 0.264 e. The fraction of sp³-hybridized carbons (Fsp3) is 0.269. The lowest BCUT2D eigenvalue weighted by Crippen LogP contribution is -2.42. The fourth-order valence-electron chi connectivity index (χ4n) is 4.36. The number of halogens is 1. The lowest BCUT2D eigenvalue weighted by molar-refractivity contribution is -0.120. The second kappa shape index (κ2) is 10.1. The highest BCUT2D eigenvalue weighted by atomic mass is 35.5. The van der Waals surface area contributed by atoms with E-state index in [1.54, 1.807) is 50.4 Å². The molecular weight excluding hydrogens is 472 g/mol. The molecule has 1 atom stereocenters. The molecule has 0 saturated carbocycles. The van der Waals surface area contributed by atoms with Crippen molar-refractivity contribution in [3.05, 3.63) is 88.4 Å². The first-order valence-corrected chi connectivity index (χ1v) is 12.9. The molecule has 34 heavy (non-hydrogen) atoms. The van der Waals surface area contributed by atoms with Crippen molar-refractivity contribution in [3.63, 3.8) is 0 Å². The van der Waals surface area contributed by atoms with Crippen LogP contribution in [0, 0.1) is 6.92 Å². The topological polar surface area (TPSA) is 75.7 Å². The number of nitrogens with one attached hydrogen (secondary N) is 1. The summed E-state index contributed by atoms with van der Waals surface area (Å²) in [6, 6.07) is 18.7. The number of sulfonamides is 1. The first-order chi connectivity index (χ1) is 16.3. The molecule has 3 aromatic rings. The summed E-state index contributed by atoms with van der Waals surface area (Å²) in [5, 5.41) is 3.55. The molecule has 3 aromatic carbocycles. The number of hydrogen-bond donors (Lipinski definition) is 1. The van der Waals surface area contributed by atoms with E-state index in [0.29, 0.717) is 16.3 Å². The zero-order valence-electron chi connectivity index (χ0n) is 19.1. The summed E-state index contributed by atoms with van der Waals surface area (Å²) in [6.45, 7) is 1.43. The predicted molar refractivity (Wildman–Crippen MR) is 134 cm³/mol. The molecule has 1 aliphatic carbocycles. The number of ether oxygens (including phenoxy) is 1. The maximum Gasteiger partial charge on any atom is 0.264 e. The minimum absolute atomic E-state index is 0.118. The van der Waals surface area contributed by atoms with Crippen LogP contribution in [-0.2, 0) is 21.2 Å². The van der Waals surface area contributed by atoms with Crippen molar-refractivity contribution < 1.29 is 17.9 Å². The van der Waals surface area contributed by atoms with Crippen molar-refractivity contribution in [1.29, 1.82) is 0 Å². The van der Waals surface area contributed by atoms with Crippen LogP contribution in [0.2, 0.25) is 5.02 Å². The van der Waals surface area contributed by atoms with E-state index in [1.807, 2.05) is 18.2 Å². The van der Waals surface area contributed by atoms with Crippen LogP contribution >= 0.6 is 11.6 Å². The van der Waals surface area contributed by atoms with E-state index >= 15 is 0 Å². The van der Waals surface area contributed by atoms with E-state index in [0.717, 1.165) is 40.4 Å². The van der Waals surface area contributed by atoms with Gasteiger partial charge in [0.1, 0.15) is 12.3 Å². The first-order valence-electron chi connectivity index (χ1n) is 11.1. The van der Waals surface area contributed by atoms with E-state index in [1.165, 1.54) is 12.1 Å². The highest BCUT2D eigenvalue weighted by Crippen LogP contribution is 2.33. The molecule has 0 radical (unpaired) electrons. The minimum Gasteiger partial charge on any atom is -0.497 e. The van der Waals surface area contributed by atoms with Gasteiger partial charge in [-0.2, -0.15) is 0 Å². The van der Waals surface area contributed by atoms with Crippen molar-refractivity contribution in [3.8, 4) is 5.75 Å². The molecule has 0 bridgehead atoms. The molecule has 0 saturated heterocycles. The number of carbonyl (C=O) groups is 1. The Hall–Kier alpha value is -3.03. The number of carbonyl (C=O) groups excluding carboxylic acids is 1. The summed E-state index contributed by atoms with van der Waals surface area (Å²) in [5.41, 5.74) is 3.26. The summed E-state index contributed by atoms with van der Waals surface area (Å²) in [6.07, 6.45) is 2.63. The molecule has 0 aromatic heterocycles. The van der Waals surface area contributed by atoms with Gasteiger partial charge in [0, 0.05) is 5.02 Å². The average Bonchev–Trinajstić information content (AvgIpc) is 2.83. The lowest BCUT2D eigenvalue weighted by atomic mass is 9.87. The monoisotopic (exact) mass is 498 g/mol. The van der Waals surface area contributed by atoms with Gasteiger partial charge in [-0.05, 0) is 85.3 Å². The Balaban J connectivity index is 1.63. The predicted octanol–water partition coefficient (Wildman–Crippen LogP) is 5.05. The van der Waals surface area contributed by atoms with Gasteiger partial charge in [0.25, 0.3) is 10.0 Å². The van der Waals surface area contributed by atoms with Crippen LogP contribution in [0.5, 0.6) is 5.75 Å². The van der Waals surface area contributed by atoms with Gasteiger partial charge in [-0.1, -0.05) is 35.9 Å². The molecule has 0 spiro atoms. The largest absolute Gasteiger partial charge is 0.497 e. The SMILES string of the molecule is COc1ccc2c(c1)CCCC2NC(=O)CN(c1ccc(Cl)cc1C)S(=O)(=O)c1ccccc1. The van der Waals surface area contributed by atoms with Crippen LogP contribution in [0.1, 0.15) is 35.6 Å². The van der Waals surface area contributed by atoms with Gasteiger partial charge in [-0.25, -0.2) is 8.42 Å². The highest BCUT2D eigenvalue weighted by Gasteiger charge is 2.30. The third kappa shape index (κ3) is 5.05. The van der Waals surface area contributed by atoms with Gasteiger partial charge in [0.05, 0.1) is 23.7 Å². The zero-order chi connectivity index (χ0) is 24.3. The third-order valence-electron chi connectivity index (χ3n) is 6.05. The number of amides is 1. The van der Waals surface area contributed by atoms with Crippen LogP contribution in [0.3, 0.4) is 0 Å². The summed E-state index contributed by atoms with van der Waals surface area (Å²) in [4.78, 5) is 13.3. The maximum absolute atomic E-state index is 13.6. The zero-order valence-corrected chi connectivity index (χ0v) is 20.7. The number of fused-ring (bicyclic) bond motifs is 1. The van der Waals surface area contributed by atoms with Gasteiger partial charge in [-0.3, -0.25) is 9.10 Å². The molecule has 0 heterocycles. The number of hydrogen-bond acceptors (Lipinski definition) is 4. The van der Waals surface area contributed by atoms with Crippen molar-refractivity contribution >= 4 is 33.2 Å². The van der Waals surface area contributed by atoms with Crippen LogP contribution in [-0.4, -0.2) is 28.0 Å². The molecule has 0 aliphatic heterocycles. The van der Waals surface area contributed by atoms with Crippen LogP contribution in [0.25, 0.3) is 0 Å². The first kappa shape index (κ1) is 24.1. The fourth-order valence-corrected chi connectivity index (χ4v) is 6.09. The number of rotatable bonds is 7. The molecule has 1 aliphatic rings. The van der Waals surface area contributed by atoms with Gasteiger partial charge in [0.15, 0.2) is 0 Å². The summed E-state index contributed by atoms with van der Waals surface area (Å²) in [7, 11) is -2.35. The molecule has 0 fully saturated rings. The second-order valence-corrected chi connectivity index (χ2v) is 10.6. The van der Waals surface area contributed by atoms with Gasteiger partial charge >= 0.3 is 0 Å². The van der Waals surface area contributed by atoms with Crippen molar-refractivity contribution in [2.45, 2.75) is 37.1 Å². The van der Waals surface area contributed by atoms with E-state index in [-0.39, 0.29) is 23.4 Å². The van der Waals surface area contributed by atoms with Crippen molar-refractivity contribution in [2.75, 3.05) is 18.0 Å². The molecule has 1 unspecified atom stereocenters. The van der Waals surface area contributed by atoms with Crippen LogP contribution < -0.4 is 14.4 Å².